The molecule has 6 heteroatoms. The molecule has 0 aliphatic heterocycles. The molecule has 0 heterocycles. The van der Waals surface area contributed by atoms with Gasteiger partial charge in [0.1, 0.15) is 0 Å². The largest absolute Gasteiger partial charge is 0.465 e. The summed E-state index contributed by atoms with van der Waals surface area (Å²) in [5, 5.41) is 0. The van der Waals surface area contributed by atoms with Gasteiger partial charge in [0.2, 0.25) is 10.0 Å². The highest BCUT2D eigenvalue weighted by molar-refractivity contribution is 7.88. The van der Waals surface area contributed by atoms with E-state index in [0.717, 1.165) is 4.31 Å². The third kappa shape index (κ3) is 3.28. The van der Waals surface area contributed by atoms with Crippen LogP contribution in [0, 0.1) is 0 Å². The maximum Gasteiger partial charge on any atom is 0.338 e. The second-order valence-corrected chi connectivity index (χ2v) is 5.87. The van der Waals surface area contributed by atoms with Crippen molar-refractivity contribution < 1.29 is 17.9 Å². The lowest BCUT2D eigenvalue weighted by molar-refractivity contribution is 0.0600. The highest BCUT2D eigenvalue weighted by atomic mass is 32.2. The molecule has 0 N–H and O–H groups in total. The molecule has 0 aromatic heterocycles. The fourth-order valence-corrected chi connectivity index (χ4v) is 2.18. The van der Waals surface area contributed by atoms with Crippen molar-refractivity contribution in [2.45, 2.75) is 5.75 Å². The number of nitrogens with zero attached hydrogens (tertiary/aromatic N) is 1. The number of carbonyl (C=O) groups is 1. The van der Waals surface area contributed by atoms with Crippen LogP contribution < -0.4 is 0 Å². The third-order valence-corrected chi connectivity index (χ3v) is 4.11. The van der Waals surface area contributed by atoms with Gasteiger partial charge in [0.25, 0.3) is 0 Å². The van der Waals surface area contributed by atoms with E-state index >= 15 is 0 Å². The maximum absolute atomic E-state index is 11.7. The van der Waals surface area contributed by atoms with E-state index in [1.807, 2.05) is 0 Å². The van der Waals surface area contributed by atoms with Gasteiger partial charge < -0.3 is 4.74 Å². The summed E-state index contributed by atoms with van der Waals surface area (Å²) >= 11 is 0. The van der Waals surface area contributed by atoms with E-state index in [2.05, 4.69) is 4.74 Å². The number of sulfonamides is 1. The summed E-state index contributed by atoms with van der Waals surface area (Å²) < 4.78 is 29.2. The molecule has 0 unspecified atom stereocenters. The molecular weight excluding hydrogens is 242 g/mol. The first-order valence-electron chi connectivity index (χ1n) is 4.95. The van der Waals surface area contributed by atoms with E-state index in [0.29, 0.717) is 5.56 Å². The number of benzene rings is 1. The van der Waals surface area contributed by atoms with E-state index in [1.165, 1.54) is 21.2 Å². The van der Waals surface area contributed by atoms with E-state index in [9.17, 15) is 13.2 Å². The molecule has 0 bridgehead atoms. The highest BCUT2D eigenvalue weighted by Crippen LogP contribution is 2.14. The minimum atomic E-state index is -3.39. The molecule has 0 amide bonds. The third-order valence-electron chi connectivity index (χ3n) is 2.32. The number of ether oxygens (including phenoxy) is 1. The van der Waals surface area contributed by atoms with Crippen molar-refractivity contribution in [3.05, 3.63) is 35.4 Å². The summed E-state index contributed by atoms with van der Waals surface area (Å²) in [5.41, 5.74) is 0.716. The Bertz CT molecular complexity index is 508. The van der Waals surface area contributed by atoms with Gasteiger partial charge >= 0.3 is 5.97 Å². The van der Waals surface area contributed by atoms with Crippen LogP contribution in [0.4, 0.5) is 0 Å². The Morgan fingerprint density at radius 1 is 1.29 bits per heavy atom. The van der Waals surface area contributed by atoms with Crippen molar-refractivity contribution >= 4 is 16.0 Å². The van der Waals surface area contributed by atoms with Crippen LogP contribution in [0.2, 0.25) is 0 Å². The smallest absolute Gasteiger partial charge is 0.338 e. The van der Waals surface area contributed by atoms with E-state index in [-0.39, 0.29) is 11.3 Å². The maximum atomic E-state index is 11.7. The summed E-state index contributed by atoms with van der Waals surface area (Å²) in [4.78, 5) is 11.5. The molecule has 17 heavy (non-hydrogen) atoms. The van der Waals surface area contributed by atoms with E-state index in [1.54, 1.807) is 24.3 Å². The molecule has 1 aromatic carbocycles. The molecule has 1 rings (SSSR count). The monoisotopic (exact) mass is 257 g/mol. The van der Waals surface area contributed by atoms with Gasteiger partial charge in [0.05, 0.1) is 18.4 Å². The zero-order chi connectivity index (χ0) is 13.1. The molecule has 0 spiro atoms. The van der Waals surface area contributed by atoms with Crippen molar-refractivity contribution in [3.8, 4) is 0 Å². The Labute approximate surface area is 101 Å². The Kier molecular flexibility index (Phi) is 4.25. The van der Waals surface area contributed by atoms with E-state index in [4.69, 9.17) is 0 Å². The van der Waals surface area contributed by atoms with Gasteiger partial charge in [-0.2, -0.15) is 0 Å². The normalized spacial score (nSPS) is 11.5. The number of methoxy groups -OCH3 is 1. The summed E-state index contributed by atoms with van der Waals surface area (Å²) in [5.74, 6) is -0.750. The lowest BCUT2D eigenvalue weighted by Gasteiger charge is -2.13. The van der Waals surface area contributed by atoms with Crippen molar-refractivity contribution in [1.82, 2.24) is 4.31 Å². The van der Waals surface area contributed by atoms with Crippen molar-refractivity contribution in [1.29, 1.82) is 0 Å². The number of rotatable bonds is 4. The Hall–Kier alpha value is -1.40. The number of hydrogen-bond donors (Lipinski definition) is 0. The molecule has 0 aliphatic rings. The minimum absolute atomic E-state index is 0.217. The average Bonchev–Trinajstić information content (AvgIpc) is 2.28. The van der Waals surface area contributed by atoms with Gasteiger partial charge in [0.15, 0.2) is 0 Å². The second-order valence-electron chi connectivity index (χ2n) is 3.69. The molecule has 0 saturated heterocycles. The lowest BCUT2D eigenvalue weighted by Crippen LogP contribution is -2.24. The van der Waals surface area contributed by atoms with Crippen LogP contribution in [0.25, 0.3) is 0 Å². The van der Waals surface area contributed by atoms with Gasteiger partial charge in [-0.25, -0.2) is 17.5 Å². The standard InChI is InChI=1S/C11H15NO4S/c1-12(2)17(14,15)8-9-6-4-5-7-10(9)11(13)16-3/h4-7H,8H2,1-3H3. The molecule has 0 fully saturated rings. The van der Waals surface area contributed by atoms with Crippen LogP contribution >= 0.6 is 0 Å². The van der Waals surface area contributed by atoms with Gasteiger partial charge in [-0.1, -0.05) is 18.2 Å². The summed E-state index contributed by atoms with van der Waals surface area (Å²) in [6, 6.07) is 6.50. The zero-order valence-electron chi connectivity index (χ0n) is 10.0. The first-order chi connectivity index (χ1) is 7.88. The van der Waals surface area contributed by atoms with Gasteiger partial charge in [-0.15, -0.1) is 0 Å². The predicted octanol–water partition coefficient (Wildman–Crippen LogP) is 0.865. The molecule has 0 radical (unpaired) electrons. The van der Waals surface area contributed by atoms with Crippen molar-refractivity contribution in [2.24, 2.45) is 0 Å². The van der Waals surface area contributed by atoms with Gasteiger partial charge in [0, 0.05) is 14.1 Å². The first-order valence-corrected chi connectivity index (χ1v) is 6.56. The Morgan fingerprint density at radius 3 is 2.41 bits per heavy atom. The van der Waals surface area contributed by atoms with Crippen LogP contribution in [0.3, 0.4) is 0 Å². The molecule has 0 aliphatic carbocycles. The topological polar surface area (TPSA) is 63.7 Å². The fraction of sp³-hybridized carbons (Fsp3) is 0.364. The predicted molar refractivity (Wildman–Crippen MR) is 64.1 cm³/mol. The van der Waals surface area contributed by atoms with Gasteiger partial charge in [-0.3, -0.25) is 0 Å². The summed E-state index contributed by atoms with van der Waals surface area (Å²) in [6.45, 7) is 0. The Morgan fingerprint density at radius 2 is 1.88 bits per heavy atom. The quantitative estimate of drug-likeness (QED) is 0.751. The molecule has 0 atom stereocenters. The van der Waals surface area contributed by atoms with Crippen LogP contribution in [0.15, 0.2) is 24.3 Å². The summed E-state index contributed by atoms with van der Waals surface area (Å²) in [7, 11) is 0.782. The number of carbonyl (C=O) groups excluding carboxylic acids is 1. The minimum Gasteiger partial charge on any atom is -0.465 e. The lowest BCUT2D eigenvalue weighted by atomic mass is 10.1. The first kappa shape index (κ1) is 13.7. The number of esters is 1. The molecule has 0 saturated carbocycles. The second kappa shape index (κ2) is 5.29. The van der Waals surface area contributed by atoms with Crippen LogP contribution in [-0.4, -0.2) is 39.9 Å². The fourth-order valence-electron chi connectivity index (χ4n) is 1.28. The van der Waals surface area contributed by atoms with E-state index < -0.39 is 16.0 Å². The number of hydrogen-bond acceptors (Lipinski definition) is 4. The summed E-state index contributed by atoms with van der Waals surface area (Å²) in [6.07, 6.45) is 0. The van der Waals surface area contributed by atoms with Gasteiger partial charge in [-0.05, 0) is 11.6 Å². The average molecular weight is 257 g/mol. The van der Waals surface area contributed by atoms with Crippen molar-refractivity contribution in [3.63, 3.8) is 0 Å². The molecule has 94 valence electrons. The van der Waals surface area contributed by atoms with Crippen molar-refractivity contribution in [2.75, 3.05) is 21.2 Å². The highest BCUT2D eigenvalue weighted by Gasteiger charge is 2.19. The van der Waals surface area contributed by atoms with Crippen LogP contribution in [-0.2, 0) is 20.5 Å². The van der Waals surface area contributed by atoms with Crippen LogP contribution in [0.1, 0.15) is 15.9 Å². The molecule has 1 aromatic rings. The molecule has 5 nitrogen and oxygen atoms in total. The zero-order valence-corrected chi connectivity index (χ0v) is 10.8. The van der Waals surface area contributed by atoms with Crippen LogP contribution in [0.5, 0.6) is 0 Å². The SMILES string of the molecule is COC(=O)c1ccccc1CS(=O)(=O)N(C)C. The Balaban J connectivity index is 3.12. The molecular formula is C11H15NO4S.